The van der Waals surface area contributed by atoms with Gasteiger partial charge in [-0.2, -0.15) is 0 Å². The van der Waals surface area contributed by atoms with Gasteiger partial charge in [-0.25, -0.2) is 4.79 Å². The second-order valence-electron chi connectivity index (χ2n) is 5.76. The molecular weight excluding hydrogens is 416 g/mol. The van der Waals surface area contributed by atoms with Crippen LogP contribution in [-0.4, -0.2) is 10.2 Å². The third-order valence-electron chi connectivity index (χ3n) is 3.83. The predicted molar refractivity (Wildman–Crippen MR) is 104 cm³/mol. The van der Waals surface area contributed by atoms with Crippen LogP contribution in [0.15, 0.2) is 71.9 Å². The fraction of sp³-hybridized carbons (Fsp3) is 0.105. The highest BCUT2D eigenvalue weighted by molar-refractivity contribution is 9.10. The fourth-order valence-electron chi connectivity index (χ4n) is 2.57. The molecule has 0 radical (unpaired) electrons. The van der Waals surface area contributed by atoms with Crippen LogP contribution < -0.4 is 5.63 Å². The monoisotopic (exact) mass is 428 g/mol. The van der Waals surface area contributed by atoms with Gasteiger partial charge in [-0.3, -0.25) is 0 Å². The molecule has 0 saturated heterocycles. The molecule has 7 heteroatoms. The highest BCUT2D eigenvalue weighted by Crippen LogP contribution is 2.28. The molecule has 0 N–H and O–H groups in total. The normalized spacial score (nSPS) is 11.2. The van der Waals surface area contributed by atoms with Crippen molar-refractivity contribution in [1.82, 2.24) is 10.2 Å². The summed E-state index contributed by atoms with van der Waals surface area (Å²) in [6, 6.07) is 15.0. The lowest BCUT2D eigenvalue weighted by atomic mass is 10.1. The minimum atomic E-state index is -0.361. The summed E-state index contributed by atoms with van der Waals surface area (Å²) in [5.74, 6) is 1.00. The van der Waals surface area contributed by atoms with E-state index in [1.54, 1.807) is 0 Å². The molecular formula is C19H13BrN2O3S. The average Bonchev–Trinajstić information content (AvgIpc) is 3.08. The van der Waals surface area contributed by atoms with Crippen molar-refractivity contribution >= 4 is 38.7 Å². The lowest BCUT2D eigenvalue weighted by Gasteiger charge is -2.04. The van der Waals surface area contributed by atoms with Crippen molar-refractivity contribution < 1.29 is 8.83 Å². The van der Waals surface area contributed by atoms with E-state index in [-0.39, 0.29) is 5.63 Å². The number of fused-ring (bicyclic) bond motifs is 1. The molecule has 0 atom stereocenters. The maximum absolute atomic E-state index is 11.8. The van der Waals surface area contributed by atoms with Crippen LogP contribution in [0, 0.1) is 6.92 Å². The van der Waals surface area contributed by atoms with E-state index in [9.17, 15) is 4.79 Å². The predicted octanol–water partition coefficient (Wildman–Crippen LogP) is 5.21. The van der Waals surface area contributed by atoms with E-state index >= 15 is 0 Å². The van der Waals surface area contributed by atoms with Crippen LogP contribution in [0.5, 0.6) is 0 Å². The highest BCUT2D eigenvalue weighted by Gasteiger charge is 2.11. The molecule has 0 aliphatic heterocycles. The number of nitrogens with zero attached hydrogens (tertiary/aromatic N) is 2. The largest absolute Gasteiger partial charge is 0.423 e. The second-order valence-corrected chi connectivity index (χ2v) is 7.60. The van der Waals surface area contributed by atoms with Gasteiger partial charge in [0.1, 0.15) is 5.58 Å². The number of aryl methyl sites for hydroxylation is 1. The molecule has 0 amide bonds. The molecule has 0 aliphatic rings. The van der Waals surface area contributed by atoms with Crippen LogP contribution >= 0.6 is 27.7 Å². The Labute approximate surface area is 161 Å². The molecule has 0 saturated carbocycles. The maximum atomic E-state index is 11.8. The van der Waals surface area contributed by atoms with Gasteiger partial charge in [0.05, 0.1) is 0 Å². The number of rotatable bonds is 4. The molecule has 2 aromatic carbocycles. The first-order chi connectivity index (χ1) is 12.6. The van der Waals surface area contributed by atoms with E-state index in [2.05, 4.69) is 26.1 Å². The minimum absolute atomic E-state index is 0.361. The quantitative estimate of drug-likeness (QED) is 0.328. The molecule has 4 aromatic rings. The maximum Gasteiger partial charge on any atom is 0.336 e. The van der Waals surface area contributed by atoms with Crippen molar-refractivity contribution in [3.63, 3.8) is 0 Å². The SMILES string of the molecule is Cc1ccc2c(CSc3nnc(-c4ccc(Br)cc4)o3)cc(=O)oc2c1. The average molecular weight is 429 g/mol. The third-order valence-corrected chi connectivity index (χ3v) is 5.23. The minimum Gasteiger partial charge on any atom is -0.423 e. The first kappa shape index (κ1) is 17.1. The zero-order valence-corrected chi connectivity index (χ0v) is 16.1. The molecule has 2 aromatic heterocycles. The van der Waals surface area contributed by atoms with Gasteiger partial charge < -0.3 is 8.83 Å². The number of aromatic nitrogens is 2. The Balaban J connectivity index is 1.57. The van der Waals surface area contributed by atoms with E-state index in [0.717, 1.165) is 26.5 Å². The number of thioether (sulfide) groups is 1. The zero-order valence-electron chi connectivity index (χ0n) is 13.7. The first-order valence-corrected chi connectivity index (χ1v) is 9.62. The summed E-state index contributed by atoms with van der Waals surface area (Å²) < 4.78 is 12.0. The van der Waals surface area contributed by atoms with E-state index < -0.39 is 0 Å². The Morgan fingerprint density at radius 3 is 2.65 bits per heavy atom. The zero-order chi connectivity index (χ0) is 18.1. The van der Waals surface area contributed by atoms with Crippen LogP contribution in [0.1, 0.15) is 11.1 Å². The standard InChI is InChI=1S/C19H13BrN2O3S/c1-11-2-7-15-13(9-17(23)24-16(15)8-11)10-26-19-22-21-18(25-19)12-3-5-14(20)6-4-12/h2-9H,10H2,1H3. The van der Waals surface area contributed by atoms with E-state index in [1.165, 1.54) is 17.8 Å². The number of hydrogen-bond donors (Lipinski definition) is 0. The summed E-state index contributed by atoms with van der Waals surface area (Å²) in [7, 11) is 0. The molecule has 0 fully saturated rings. The van der Waals surface area contributed by atoms with Crippen molar-refractivity contribution in [2.75, 3.05) is 0 Å². The summed E-state index contributed by atoms with van der Waals surface area (Å²) in [6.45, 7) is 1.96. The molecule has 0 aliphatic carbocycles. The molecule has 5 nitrogen and oxygen atoms in total. The number of benzene rings is 2. The van der Waals surface area contributed by atoms with Crippen LogP contribution in [0.2, 0.25) is 0 Å². The smallest absolute Gasteiger partial charge is 0.336 e. The topological polar surface area (TPSA) is 69.1 Å². The molecule has 2 heterocycles. The third kappa shape index (κ3) is 3.59. The Morgan fingerprint density at radius 2 is 1.85 bits per heavy atom. The molecule has 4 rings (SSSR count). The van der Waals surface area contributed by atoms with E-state index in [1.807, 2.05) is 49.4 Å². The number of hydrogen-bond acceptors (Lipinski definition) is 6. The molecule has 130 valence electrons. The Bertz CT molecular complexity index is 1140. The molecule has 0 bridgehead atoms. The highest BCUT2D eigenvalue weighted by atomic mass is 79.9. The first-order valence-electron chi connectivity index (χ1n) is 7.84. The number of halogens is 1. The van der Waals surface area contributed by atoms with Crippen LogP contribution in [0.25, 0.3) is 22.4 Å². The van der Waals surface area contributed by atoms with Gasteiger partial charge in [0.15, 0.2) is 0 Å². The van der Waals surface area contributed by atoms with Gasteiger partial charge in [-0.05, 0) is 48.4 Å². The van der Waals surface area contributed by atoms with Crippen LogP contribution in [0.4, 0.5) is 0 Å². The van der Waals surface area contributed by atoms with E-state index in [4.69, 9.17) is 8.83 Å². The van der Waals surface area contributed by atoms with Gasteiger partial charge in [-0.15, -0.1) is 10.2 Å². The summed E-state index contributed by atoms with van der Waals surface area (Å²) in [5, 5.41) is 9.53. The summed E-state index contributed by atoms with van der Waals surface area (Å²) in [6.07, 6.45) is 0. The fourth-order valence-corrected chi connectivity index (χ4v) is 3.59. The summed E-state index contributed by atoms with van der Waals surface area (Å²) in [5.41, 5.74) is 3.01. The second kappa shape index (κ2) is 7.09. The molecule has 26 heavy (non-hydrogen) atoms. The molecule has 0 unspecified atom stereocenters. The molecule has 0 spiro atoms. The lowest BCUT2D eigenvalue weighted by molar-refractivity contribution is 0.466. The Morgan fingerprint density at radius 1 is 1.04 bits per heavy atom. The van der Waals surface area contributed by atoms with Gasteiger partial charge in [-0.1, -0.05) is 39.8 Å². The van der Waals surface area contributed by atoms with Gasteiger partial charge in [0, 0.05) is 27.2 Å². The van der Waals surface area contributed by atoms with E-state index in [0.29, 0.717) is 22.4 Å². The van der Waals surface area contributed by atoms with Crippen LogP contribution in [-0.2, 0) is 5.75 Å². The Kier molecular flexibility index (Phi) is 4.65. The van der Waals surface area contributed by atoms with Gasteiger partial charge in [0.2, 0.25) is 5.89 Å². The van der Waals surface area contributed by atoms with Crippen molar-refractivity contribution in [1.29, 1.82) is 0 Å². The van der Waals surface area contributed by atoms with Crippen LogP contribution in [0.3, 0.4) is 0 Å². The summed E-state index contributed by atoms with van der Waals surface area (Å²) >= 11 is 4.79. The van der Waals surface area contributed by atoms with Crippen molar-refractivity contribution in [2.45, 2.75) is 17.9 Å². The lowest BCUT2D eigenvalue weighted by Crippen LogP contribution is -2.00. The van der Waals surface area contributed by atoms with Crippen molar-refractivity contribution in [3.8, 4) is 11.5 Å². The van der Waals surface area contributed by atoms with Gasteiger partial charge in [0.25, 0.3) is 5.22 Å². The summed E-state index contributed by atoms with van der Waals surface area (Å²) in [4.78, 5) is 11.8. The van der Waals surface area contributed by atoms with Gasteiger partial charge >= 0.3 is 5.63 Å². The van der Waals surface area contributed by atoms with Crippen molar-refractivity contribution in [3.05, 3.63) is 74.6 Å². The Hall–Kier alpha value is -2.38. The van der Waals surface area contributed by atoms with Crippen molar-refractivity contribution in [2.24, 2.45) is 0 Å².